The number of aliphatic carboxylic acids is 1. The lowest BCUT2D eigenvalue weighted by Gasteiger charge is -2.03. The van der Waals surface area contributed by atoms with E-state index in [-0.39, 0.29) is 12.0 Å². The number of carboxylic acids is 1. The van der Waals surface area contributed by atoms with Crippen LogP contribution in [0.3, 0.4) is 0 Å². The van der Waals surface area contributed by atoms with Gasteiger partial charge in [-0.1, -0.05) is 23.2 Å². The second kappa shape index (κ2) is 5.42. The van der Waals surface area contributed by atoms with Crippen LogP contribution in [-0.2, 0) is 11.2 Å². The standard InChI is InChI=1S/C12H8Cl2N2O3/c13-8-2-1-6(3-9(8)14)11-15-5-7(4-10(17)18)12(19)16-11/h1-3,5H,4H2,(H,17,18)(H,15,16,19). The lowest BCUT2D eigenvalue weighted by molar-refractivity contribution is -0.136. The summed E-state index contributed by atoms with van der Waals surface area (Å²) >= 11 is 11.7. The van der Waals surface area contributed by atoms with Gasteiger partial charge in [-0.25, -0.2) is 4.98 Å². The number of H-pyrrole nitrogens is 1. The van der Waals surface area contributed by atoms with E-state index in [1.54, 1.807) is 18.2 Å². The summed E-state index contributed by atoms with van der Waals surface area (Å²) in [6.45, 7) is 0. The number of nitrogens with zero attached hydrogens (tertiary/aromatic N) is 1. The van der Waals surface area contributed by atoms with Gasteiger partial charge in [0.1, 0.15) is 5.82 Å². The summed E-state index contributed by atoms with van der Waals surface area (Å²) in [5, 5.41) is 9.37. The largest absolute Gasteiger partial charge is 0.481 e. The minimum atomic E-state index is -1.09. The highest BCUT2D eigenvalue weighted by molar-refractivity contribution is 6.42. The van der Waals surface area contributed by atoms with Crippen molar-refractivity contribution in [2.24, 2.45) is 0 Å². The van der Waals surface area contributed by atoms with Crippen molar-refractivity contribution in [3.8, 4) is 11.4 Å². The molecule has 1 aromatic carbocycles. The van der Waals surface area contributed by atoms with Crippen LogP contribution in [0.5, 0.6) is 0 Å². The fourth-order valence-electron chi connectivity index (χ4n) is 1.50. The summed E-state index contributed by atoms with van der Waals surface area (Å²) in [6, 6.07) is 4.81. The molecular weight excluding hydrogens is 291 g/mol. The Morgan fingerprint density at radius 2 is 2.05 bits per heavy atom. The smallest absolute Gasteiger partial charge is 0.308 e. The van der Waals surface area contributed by atoms with Gasteiger partial charge in [0, 0.05) is 17.3 Å². The molecule has 0 atom stereocenters. The van der Waals surface area contributed by atoms with Gasteiger partial charge in [0.15, 0.2) is 0 Å². The summed E-state index contributed by atoms with van der Waals surface area (Å²) in [7, 11) is 0. The molecule has 2 rings (SSSR count). The number of carbonyl (C=O) groups is 1. The zero-order valence-corrected chi connectivity index (χ0v) is 11.0. The Labute approximate surface area is 117 Å². The minimum Gasteiger partial charge on any atom is -0.481 e. The van der Waals surface area contributed by atoms with Crippen LogP contribution in [0.25, 0.3) is 11.4 Å². The fourth-order valence-corrected chi connectivity index (χ4v) is 1.80. The number of aromatic nitrogens is 2. The van der Waals surface area contributed by atoms with Crippen LogP contribution < -0.4 is 5.56 Å². The average molecular weight is 299 g/mol. The van der Waals surface area contributed by atoms with Crippen molar-refractivity contribution in [3.05, 3.63) is 50.4 Å². The summed E-state index contributed by atoms with van der Waals surface area (Å²) in [4.78, 5) is 28.8. The van der Waals surface area contributed by atoms with E-state index in [4.69, 9.17) is 28.3 Å². The van der Waals surface area contributed by atoms with Gasteiger partial charge in [0.05, 0.1) is 16.5 Å². The number of hydrogen-bond donors (Lipinski definition) is 2. The summed E-state index contributed by atoms with van der Waals surface area (Å²) < 4.78 is 0. The van der Waals surface area contributed by atoms with Crippen molar-refractivity contribution < 1.29 is 9.90 Å². The van der Waals surface area contributed by atoms with Crippen molar-refractivity contribution in [1.82, 2.24) is 9.97 Å². The molecular formula is C12H8Cl2N2O3. The molecule has 0 fully saturated rings. The van der Waals surface area contributed by atoms with Gasteiger partial charge < -0.3 is 10.1 Å². The molecule has 1 heterocycles. The van der Waals surface area contributed by atoms with Gasteiger partial charge in [-0.05, 0) is 18.2 Å². The predicted octanol–water partition coefficient (Wildman–Crippen LogP) is 2.37. The SMILES string of the molecule is O=C(O)Cc1cnc(-c2ccc(Cl)c(Cl)c2)[nH]c1=O. The molecule has 2 aromatic rings. The van der Waals surface area contributed by atoms with Crippen molar-refractivity contribution in [2.45, 2.75) is 6.42 Å². The molecule has 0 aliphatic heterocycles. The van der Waals surface area contributed by atoms with E-state index in [1.165, 1.54) is 6.20 Å². The topological polar surface area (TPSA) is 83.0 Å². The van der Waals surface area contributed by atoms with Gasteiger partial charge in [-0.15, -0.1) is 0 Å². The van der Waals surface area contributed by atoms with E-state index in [1.807, 2.05) is 0 Å². The number of halogens is 2. The summed E-state index contributed by atoms with van der Waals surface area (Å²) in [5.41, 5.74) is 0.197. The van der Waals surface area contributed by atoms with E-state index >= 15 is 0 Å². The van der Waals surface area contributed by atoms with Crippen LogP contribution in [0.1, 0.15) is 5.56 Å². The van der Waals surface area contributed by atoms with Gasteiger partial charge in [0.25, 0.3) is 5.56 Å². The van der Waals surface area contributed by atoms with Crippen LogP contribution >= 0.6 is 23.2 Å². The number of rotatable bonds is 3. The first kappa shape index (κ1) is 13.6. The molecule has 0 aliphatic carbocycles. The van der Waals surface area contributed by atoms with Crippen LogP contribution in [0.4, 0.5) is 0 Å². The van der Waals surface area contributed by atoms with Crippen molar-refractivity contribution in [3.63, 3.8) is 0 Å². The van der Waals surface area contributed by atoms with Gasteiger partial charge >= 0.3 is 5.97 Å². The lowest BCUT2D eigenvalue weighted by Crippen LogP contribution is -2.17. The highest BCUT2D eigenvalue weighted by atomic mass is 35.5. The van der Waals surface area contributed by atoms with Gasteiger partial charge in [-0.2, -0.15) is 0 Å². The molecule has 0 aliphatic rings. The lowest BCUT2D eigenvalue weighted by atomic mass is 10.2. The molecule has 0 radical (unpaired) electrons. The van der Waals surface area contributed by atoms with Crippen LogP contribution in [0.15, 0.2) is 29.2 Å². The molecule has 0 amide bonds. The Morgan fingerprint density at radius 3 is 2.63 bits per heavy atom. The number of benzene rings is 1. The number of carboxylic acid groups (broad SMARTS) is 1. The second-order valence-corrected chi connectivity index (χ2v) is 4.60. The number of aromatic amines is 1. The molecule has 2 N–H and O–H groups in total. The van der Waals surface area contributed by atoms with E-state index in [9.17, 15) is 9.59 Å². The number of hydrogen-bond acceptors (Lipinski definition) is 3. The molecule has 5 nitrogen and oxygen atoms in total. The van der Waals surface area contributed by atoms with Crippen molar-refractivity contribution in [2.75, 3.05) is 0 Å². The monoisotopic (exact) mass is 298 g/mol. The fraction of sp³-hybridized carbons (Fsp3) is 0.0833. The van der Waals surface area contributed by atoms with Crippen molar-refractivity contribution in [1.29, 1.82) is 0 Å². The third kappa shape index (κ3) is 3.13. The Bertz CT molecular complexity index is 698. The van der Waals surface area contributed by atoms with Crippen molar-refractivity contribution >= 4 is 29.2 Å². The molecule has 1 aromatic heterocycles. The Balaban J connectivity index is 2.41. The van der Waals surface area contributed by atoms with Crippen LogP contribution in [0.2, 0.25) is 10.0 Å². The van der Waals surface area contributed by atoms with E-state index in [0.29, 0.717) is 21.4 Å². The number of nitrogens with one attached hydrogen (secondary N) is 1. The third-order valence-electron chi connectivity index (χ3n) is 2.41. The first-order valence-corrected chi connectivity index (χ1v) is 5.98. The van der Waals surface area contributed by atoms with Gasteiger partial charge in [0.2, 0.25) is 0 Å². The molecule has 98 valence electrons. The van der Waals surface area contributed by atoms with Gasteiger partial charge in [-0.3, -0.25) is 9.59 Å². The highest BCUT2D eigenvalue weighted by Crippen LogP contribution is 2.26. The first-order chi connectivity index (χ1) is 8.97. The zero-order valence-electron chi connectivity index (χ0n) is 9.48. The minimum absolute atomic E-state index is 0.0938. The quantitative estimate of drug-likeness (QED) is 0.911. The molecule has 0 bridgehead atoms. The molecule has 0 spiro atoms. The van der Waals surface area contributed by atoms with Crippen LogP contribution in [-0.4, -0.2) is 21.0 Å². The highest BCUT2D eigenvalue weighted by Gasteiger charge is 2.09. The second-order valence-electron chi connectivity index (χ2n) is 3.79. The summed E-state index contributed by atoms with van der Waals surface area (Å²) in [5.74, 6) is -0.785. The molecule has 19 heavy (non-hydrogen) atoms. The normalized spacial score (nSPS) is 10.4. The summed E-state index contributed by atoms with van der Waals surface area (Å²) in [6.07, 6.45) is 0.870. The van der Waals surface area contributed by atoms with E-state index in [2.05, 4.69) is 9.97 Å². The molecule has 0 saturated carbocycles. The first-order valence-electron chi connectivity index (χ1n) is 5.23. The maximum atomic E-state index is 11.7. The average Bonchev–Trinajstić information content (AvgIpc) is 2.35. The zero-order chi connectivity index (χ0) is 14.0. The molecule has 0 unspecified atom stereocenters. The van der Waals surface area contributed by atoms with Crippen LogP contribution in [0, 0.1) is 0 Å². The Kier molecular flexibility index (Phi) is 3.87. The Hall–Kier alpha value is -1.85. The Morgan fingerprint density at radius 1 is 1.32 bits per heavy atom. The molecule has 0 saturated heterocycles. The van der Waals surface area contributed by atoms with E-state index < -0.39 is 11.5 Å². The maximum Gasteiger partial charge on any atom is 0.308 e. The predicted molar refractivity (Wildman–Crippen MR) is 71.7 cm³/mol. The third-order valence-corrected chi connectivity index (χ3v) is 3.15. The molecule has 7 heteroatoms. The maximum absolute atomic E-state index is 11.7. The van der Waals surface area contributed by atoms with E-state index in [0.717, 1.165) is 0 Å².